The van der Waals surface area contributed by atoms with E-state index in [-0.39, 0.29) is 22.4 Å². The Kier molecular flexibility index (Phi) is 6.90. The molecule has 1 amide bonds. The highest BCUT2D eigenvalue weighted by Gasteiger charge is 2.44. The van der Waals surface area contributed by atoms with Crippen molar-refractivity contribution in [3.8, 4) is 0 Å². The molecule has 2 atom stereocenters. The molecule has 0 bridgehead atoms. The number of hydrogen-bond donors (Lipinski definition) is 0. The van der Waals surface area contributed by atoms with Crippen LogP contribution in [0.5, 0.6) is 0 Å². The van der Waals surface area contributed by atoms with Crippen LogP contribution in [0.4, 0.5) is 5.69 Å². The number of esters is 1. The Hall–Kier alpha value is -2.29. The van der Waals surface area contributed by atoms with Gasteiger partial charge in [0.05, 0.1) is 11.0 Å². The summed E-state index contributed by atoms with van der Waals surface area (Å²) < 4.78 is 5.34. The Morgan fingerprint density at radius 1 is 1.20 bits per heavy atom. The Labute approximate surface area is 187 Å². The largest absolute Gasteiger partial charge is 0.461 e. The van der Waals surface area contributed by atoms with Gasteiger partial charge in [-0.3, -0.25) is 14.9 Å². The molecule has 0 spiro atoms. The highest BCUT2D eigenvalue weighted by atomic mass is 35.5. The number of rotatable bonds is 5. The van der Waals surface area contributed by atoms with Gasteiger partial charge in [0.1, 0.15) is 16.4 Å². The molecule has 1 aliphatic rings. The molecule has 158 valence electrons. The van der Waals surface area contributed by atoms with Crippen molar-refractivity contribution in [1.82, 2.24) is 4.90 Å². The number of nitrogens with zero attached hydrogens (tertiary/aromatic N) is 2. The number of hydrogen-bond acceptors (Lipinski definition) is 6. The average Bonchev–Trinajstić information content (AvgIpc) is 3.12. The van der Waals surface area contributed by atoms with E-state index < -0.39 is 28.2 Å². The molecule has 0 saturated carbocycles. The van der Waals surface area contributed by atoms with Gasteiger partial charge < -0.3 is 9.64 Å². The Balaban J connectivity index is 2.04. The molecular weight excluding hydrogens is 451 g/mol. The maximum atomic E-state index is 13.4. The number of nitro benzene ring substituents is 1. The van der Waals surface area contributed by atoms with Crippen LogP contribution >= 0.6 is 35.0 Å². The Bertz CT molecular complexity index is 1000. The van der Waals surface area contributed by atoms with Gasteiger partial charge >= 0.3 is 5.97 Å². The van der Waals surface area contributed by atoms with Crippen molar-refractivity contribution in [2.24, 2.45) is 0 Å². The van der Waals surface area contributed by atoms with Gasteiger partial charge in [-0.05, 0) is 32.0 Å². The second-order valence-corrected chi connectivity index (χ2v) is 8.77. The lowest BCUT2D eigenvalue weighted by atomic mass is 10.1. The maximum Gasteiger partial charge on any atom is 0.330 e. The van der Waals surface area contributed by atoms with Gasteiger partial charge in [-0.1, -0.05) is 41.4 Å². The van der Waals surface area contributed by atoms with Crippen LogP contribution < -0.4 is 0 Å². The van der Waals surface area contributed by atoms with E-state index in [2.05, 4.69) is 0 Å². The predicted octanol–water partition coefficient (Wildman–Crippen LogP) is 5.11. The number of amides is 1. The molecule has 0 aliphatic carbocycles. The van der Waals surface area contributed by atoms with Crippen LogP contribution in [0.25, 0.3) is 0 Å². The van der Waals surface area contributed by atoms with Crippen LogP contribution in [0.15, 0.2) is 42.5 Å². The average molecular weight is 469 g/mol. The van der Waals surface area contributed by atoms with E-state index in [9.17, 15) is 19.7 Å². The lowest BCUT2D eigenvalue weighted by Gasteiger charge is -2.29. The van der Waals surface area contributed by atoms with E-state index in [0.29, 0.717) is 16.3 Å². The van der Waals surface area contributed by atoms with Gasteiger partial charge in [0.2, 0.25) is 0 Å². The van der Waals surface area contributed by atoms with Gasteiger partial charge in [-0.25, -0.2) is 4.79 Å². The number of nitro groups is 1. The Morgan fingerprint density at radius 2 is 1.90 bits per heavy atom. The molecule has 0 radical (unpaired) electrons. The van der Waals surface area contributed by atoms with E-state index in [1.807, 2.05) is 0 Å². The third-order valence-corrected chi connectivity index (χ3v) is 6.39. The van der Waals surface area contributed by atoms with Gasteiger partial charge in [0, 0.05) is 28.0 Å². The first-order valence-corrected chi connectivity index (χ1v) is 10.8. The van der Waals surface area contributed by atoms with Crippen molar-refractivity contribution < 1.29 is 19.2 Å². The summed E-state index contributed by atoms with van der Waals surface area (Å²) in [6, 6.07) is 9.98. The SMILES string of the molecule is CC(C)OC(=O)C1CSC(c2ccccc2Cl)N1C(=O)c1ccc(Cl)c([N+](=O)[O-])c1. The van der Waals surface area contributed by atoms with Gasteiger partial charge in [-0.15, -0.1) is 11.8 Å². The zero-order valence-electron chi connectivity index (χ0n) is 16.1. The van der Waals surface area contributed by atoms with E-state index >= 15 is 0 Å². The number of carbonyl (C=O) groups excluding carboxylic acids is 2. The standard InChI is InChI=1S/C20H18Cl2N2O5S/c1-11(2)29-20(26)17-10-30-19(13-5-3-4-6-14(13)21)23(17)18(25)12-7-8-15(22)16(9-12)24(27)28/h3-9,11,17,19H,10H2,1-2H3. The molecule has 3 rings (SSSR count). The molecule has 0 N–H and O–H groups in total. The van der Waals surface area contributed by atoms with Crippen LogP contribution in [0.3, 0.4) is 0 Å². The molecule has 1 fully saturated rings. The smallest absolute Gasteiger partial charge is 0.330 e. The first-order chi connectivity index (χ1) is 14.2. The monoisotopic (exact) mass is 468 g/mol. The highest BCUT2D eigenvalue weighted by Crippen LogP contribution is 2.45. The van der Waals surface area contributed by atoms with E-state index in [1.165, 1.54) is 28.8 Å². The summed E-state index contributed by atoms with van der Waals surface area (Å²) in [7, 11) is 0. The summed E-state index contributed by atoms with van der Waals surface area (Å²) in [4.78, 5) is 38.1. The summed E-state index contributed by atoms with van der Waals surface area (Å²) in [6.07, 6.45) is -0.351. The zero-order chi connectivity index (χ0) is 22.0. The van der Waals surface area contributed by atoms with E-state index in [4.69, 9.17) is 27.9 Å². The Morgan fingerprint density at radius 3 is 2.53 bits per heavy atom. The number of ether oxygens (including phenoxy) is 1. The normalized spacial score (nSPS) is 18.5. The van der Waals surface area contributed by atoms with Gasteiger partial charge in [0.15, 0.2) is 0 Å². The molecule has 30 heavy (non-hydrogen) atoms. The summed E-state index contributed by atoms with van der Waals surface area (Å²) in [5.74, 6) is -0.776. The second kappa shape index (κ2) is 9.24. The van der Waals surface area contributed by atoms with Crippen molar-refractivity contribution in [2.75, 3.05) is 5.75 Å². The highest BCUT2D eigenvalue weighted by molar-refractivity contribution is 7.99. The van der Waals surface area contributed by atoms with Crippen molar-refractivity contribution >= 4 is 52.5 Å². The molecular formula is C20H18Cl2N2O5S. The van der Waals surface area contributed by atoms with Crippen LogP contribution in [-0.4, -0.2) is 39.6 Å². The van der Waals surface area contributed by atoms with Crippen molar-refractivity contribution in [2.45, 2.75) is 31.4 Å². The van der Waals surface area contributed by atoms with Crippen LogP contribution in [-0.2, 0) is 9.53 Å². The lowest BCUT2D eigenvalue weighted by molar-refractivity contribution is -0.384. The maximum absolute atomic E-state index is 13.4. The quantitative estimate of drug-likeness (QED) is 0.344. The first kappa shape index (κ1) is 22.4. The second-order valence-electron chi connectivity index (χ2n) is 6.84. The fourth-order valence-electron chi connectivity index (χ4n) is 3.10. The van der Waals surface area contributed by atoms with E-state index in [1.54, 1.807) is 38.1 Å². The minimum atomic E-state index is -0.860. The van der Waals surface area contributed by atoms with E-state index in [0.717, 1.165) is 6.07 Å². The number of benzene rings is 2. The minimum Gasteiger partial charge on any atom is -0.461 e. The predicted molar refractivity (Wildman–Crippen MR) is 116 cm³/mol. The molecule has 2 aromatic carbocycles. The van der Waals surface area contributed by atoms with Crippen molar-refractivity contribution in [3.05, 3.63) is 73.8 Å². The molecule has 2 unspecified atom stereocenters. The van der Waals surface area contributed by atoms with Crippen LogP contribution in [0.2, 0.25) is 10.0 Å². The zero-order valence-corrected chi connectivity index (χ0v) is 18.4. The number of thioether (sulfide) groups is 1. The fraction of sp³-hybridized carbons (Fsp3) is 0.300. The van der Waals surface area contributed by atoms with Crippen molar-refractivity contribution in [1.29, 1.82) is 0 Å². The lowest BCUT2D eigenvalue weighted by Crippen LogP contribution is -2.44. The third-order valence-electron chi connectivity index (χ3n) is 4.42. The molecule has 1 aliphatic heterocycles. The fourth-order valence-corrected chi connectivity index (χ4v) is 5.04. The van der Waals surface area contributed by atoms with Crippen molar-refractivity contribution in [3.63, 3.8) is 0 Å². The summed E-state index contributed by atoms with van der Waals surface area (Å²) in [5, 5.41) is 11.1. The third kappa shape index (κ3) is 4.55. The molecule has 0 aromatic heterocycles. The van der Waals surface area contributed by atoms with Gasteiger partial charge in [0.25, 0.3) is 11.6 Å². The number of halogens is 2. The van der Waals surface area contributed by atoms with Crippen LogP contribution in [0.1, 0.15) is 35.1 Å². The summed E-state index contributed by atoms with van der Waals surface area (Å²) in [5.41, 5.74) is 0.332. The molecule has 1 heterocycles. The first-order valence-electron chi connectivity index (χ1n) is 9.03. The number of carbonyl (C=O) groups is 2. The summed E-state index contributed by atoms with van der Waals surface area (Å²) in [6.45, 7) is 3.44. The molecule has 2 aromatic rings. The molecule has 10 heteroatoms. The van der Waals surface area contributed by atoms with Crippen LogP contribution in [0, 0.1) is 10.1 Å². The topological polar surface area (TPSA) is 89.8 Å². The minimum absolute atomic E-state index is 0.0491. The summed E-state index contributed by atoms with van der Waals surface area (Å²) >= 11 is 13.6. The molecule has 1 saturated heterocycles. The van der Waals surface area contributed by atoms with Gasteiger partial charge in [-0.2, -0.15) is 0 Å². The molecule has 7 nitrogen and oxygen atoms in total.